The number of carbonyl (C=O) groups is 1. The van der Waals surface area contributed by atoms with Gasteiger partial charge in [-0.25, -0.2) is 9.97 Å². The molecule has 3 nitrogen and oxygen atoms in total. The summed E-state index contributed by atoms with van der Waals surface area (Å²) in [6.07, 6.45) is 3.30. The first-order valence-electron chi connectivity index (χ1n) is 4.43. The van der Waals surface area contributed by atoms with Gasteiger partial charge in [-0.05, 0) is 18.2 Å². The largest absolute Gasteiger partial charge is 0.298 e. The van der Waals surface area contributed by atoms with Gasteiger partial charge in [-0.3, -0.25) is 4.79 Å². The van der Waals surface area contributed by atoms with Gasteiger partial charge in [0.1, 0.15) is 5.15 Å². The number of nitrogens with zero attached hydrogens (tertiary/aromatic N) is 2. The molecule has 16 heavy (non-hydrogen) atoms. The molecule has 0 radical (unpaired) electrons. The fourth-order valence-electron chi connectivity index (χ4n) is 1.25. The molecule has 2 aromatic rings. The third-order valence-electron chi connectivity index (χ3n) is 2.05. The Labute approximate surface area is 95.9 Å². The van der Waals surface area contributed by atoms with Crippen LogP contribution in [-0.2, 0) is 0 Å². The Morgan fingerprint density at radius 2 is 1.94 bits per heavy atom. The van der Waals surface area contributed by atoms with Crippen LogP contribution in [0.5, 0.6) is 0 Å². The van der Waals surface area contributed by atoms with Crippen molar-refractivity contribution < 1.29 is 9.18 Å². The summed E-state index contributed by atoms with van der Waals surface area (Å²) in [6, 6.07) is 4.75. The molecular weight excluding hydrogens is 231 g/mol. The number of aldehydes is 1. The molecule has 0 saturated carbocycles. The minimum absolute atomic E-state index is 0.0764. The quantitative estimate of drug-likeness (QED) is 0.595. The summed E-state index contributed by atoms with van der Waals surface area (Å²) >= 11 is 5.64. The Hall–Kier alpha value is -1.81. The molecule has 0 fully saturated rings. The first kappa shape index (κ1) is 10.7. The zero-order chi connectivity index (χ0) is 11.5. The third kappa shape index (κ3) is 2.06. The van der Waals surface area contributed by atoms with Crippen molar-refractivity contribution in [3.8, 4) is 11.1 Å². The van der Waals surface area contributed by atoms with Gasteiger partial charge in [0.15, 0.2) is 6.29 Å². The van der Waals surface area contributed by atoms with Crippen molar-refractivity contribution >= 4 is 17.9 Å². The standard InChI is InChI=1S/C11H6ClFN2O/c12-10-2-1-7(4-14-10)8-3-9(6-16)11(13)15-5-8/h1-6H. The summed E-state index contributed by atoms with van der Waals surface area (Å²) in [4.78, 5) is 17.9. The molecule has 0 unspecified atom stereocenters. The molecule has 5 heteroatoms. The van der Waals surface area contributed by atoms with Gasteiger partial charge in [0.25, 0.3) is 0 Å². The average molecular weight is 237 g/mol. The van der Waals surface area contributed by atoms with Crippen LogP contribution >= 0.6 is 11.6 Å². The van der Waals surface area contributed by atoms with Crippen LogP contribution in [0.3, 0.4) is 0 Å². The van der Waals surface area contributed by atoms with E-state index in [-0.39, 0.29) is 5.56 Å². The van der Waals surface area contributed by atoms with Crippen LogP contribution in [0.15, 0.2) is 30.6 Å². The summed E-state index contributed by atoms with van der Waals surface area (Å²) in [5.41, 5.74) is 1.26. The molecule has 0 saturated heterocycles. The highest BCUT2D eigenvalue weighted by molar-refractivity contribution is 6.29. The lowest BCUT2D eigenvalue weighted by molar-refractivity contribution is 0.111. The number of hydrogen-bond donors (Lipinski definition) is 0. The van der Waals surface area contributed by atoms with E-state index < -0.39 is 5.95 Å². The second-order valence-electron chi connectivity index (χ2n) is 3.09. The van der Waals surface area contributed by atoms with E-state index in [2.05, 4.69) is 9.97 Å². The Balaban J connectivity index is 2.48. The van der Waals surface area contributed by atoms with Gasteiger partial charge in [-0.15, -0.1) is 0 Å². The van der Waals surface area contributed by atoms with E-state index in [1.807, 2.05) is 0 Å². The Bertz CT molecular complexity index is 528. The van der Waals surface area contributed by atoms with Crippen molar-refractivity contribution in [2.24, 2.45) is 0 Å². The Morgan fingerprint density at radius 1 is 1.19 bits per heavy atom. The van der Waals surface area contributed by atoms with E-state index in [4.69, 9.17) is 11.6 Å². The molecule has 2 heterocycles. The molecule has 0 atom stereocenters. The van der Waals surface area contributed by atoms with Crippen LogP contribution in [-0.4, -0.2) is 16.3 Å². The number of aromatic nitrogens is 2. The zero-order valence-corrected chi connectivity index (χ0v) is 8.78. The summed E-state index contributed by atoms with van der Waals surface area (Å²) in [5, 5.41) is 0.370. The predicted octanol–water partition coefficient (Wildman–Crippen LogP) is 2.75. The summed E-state index contributed by atoms with van der Waals surface area (Å²) in [6.45, 7) is 0. The minimum atomic E-state index is -0.777. The van der Waals surface area contributed by atoms with Crippen LogP contribution in [0, 0.1) is 5.95 Å². The second kappa shape index (κ2) is 4.37. The summed E-state index contributed by atoms with van der Waals surface area (Å²) in [5.74, 6) is -0.777. The lowest BCUT2D eigenvalue weighted by Crippen LogP contribution is -1.93. The van der Waals surface area contributed by atoms with E-state index in [9.17, 15) is 9.18 Å². The lowest BCUT2D eigenvalue weighted by Gasteiger charge is -2.01. The molecule has 0 amide bonds. The smallest absolute Gasteiger partial charge is 0.223 e. The normalized spacial score (nSPS) is 10.1. The SMILES string of the molecule is O=Cc1cc(-c2ccc(Cl)nc2)cnc1F. The van der Waals surface area contributed by atoms with Gasteiger partial charge >= 0.3 is 0 Å². The van der Waals surface area contributed by atoms with Gasteiger partial charge in [0, 0.05) is 23.5 Å². The molecule has 2 aromatic heterocycles. The monoisotopic (exact) mass is 236 g/mol. The number of carbonyl (C=O) groups excluding carboxylic acids is 1. The fraction of sp³-hybridized carbons (Fsp3) is 0. The van der Waals surface area contributed by atoms with Crippen LogP contribution in [0.4, 0.5) is 4.39 Å². The number of pyridine rings is 2. The highest BCUT2D eigenvalue weighted by atomic mass is 35.5. The number of rotatable bonds is 2. The van der Waals surface area contributed by atoms with Gasteiger partial charge in [0.2, 0.25) is 5.95 Å². The molecule has 0 aromatic carbocycles. The molecule has 2 rings (SSSR count). The van der Waals surface area contributed by atoms with Crippen molar-refractivity contribution in [2.45, 2.75) is 0 Å². The maximum atomic E-state index is 13.0. The van der Waals surface area contributed by atoms with Crippen LogP contribution in [0.1, 0.15) is 10.4 Å². The van der Waals surface area contributed by atoms with E-state index in [1.54, 1.807) is 12.1 Å². The van der Waals surface area contributed by atoms with E-state index >= 15 is 0 Å². The molecule has 0 aliphatic carbocycles. The summed E-state index contributed by atoms with van der Waals surface area (Å²) < 4.78 is 13.0. The van der Waals surface area contributed by atoms with Crippen molar-refractivity contribution in [3.63, 3.8) is 0 Å². The van der Waals surface area contributed by atoms with Crippen LogP contribution < -0.4 is 0 Å². The average Bonchev–Trinajstić information content (AvgIpc) is 2.31. The van der Waals surface area contributed by atoms with Crippen molar-refractivity contribution in [3.05, 3.63) is 47.3 Å². The van der Waals surface area contributed by atoms with Gasteiger partial charge in [-0.2, -0.15) is 4.39 Å². The van der Waals surface area contributed by atoms with E-state index in [0.717, 1.165) is 5.56 Å². The lowest BCUT2D eigenvalue weighted by atomic mass is 10.1. The van der Waals surface area contributed by atoms with Gasteiger partial charge < -0.3 is 0 Å². The second-order valence-corrected chi connectivity index (χ2v) is 3.48. The van der Waals surface area contributed by atoms with Gasteiger partial charge in [0.05, 0.1) is 5.56 Å². The third-order valence-corrected chi connectivity index (χ3v) is 2.28. The molecule has 0 N–H and O–H groups in total. The highest BCUT2D eigenvalue weighted by Gasteiger charge is 2.05. The first-order valence-corrected chi connectivity index (χ1v) is 4.81. The highest BCUT2D eigenvalue weighted by Crippen LogP contribution is 2.20. The van der Waals surface area contributed by atoms with E-state index in [0.29, 0.717) is 17.0 Å². The molecule has 80 valence electrons. The maximum Gasteiger partial charge on any atom is 0.223 e. The zero-order valence-electron chi connectivity index (χ0n) is 8.02. The van der Waals surface area contributed by atoms with Crippen molar-refractivity contribution in [1.82, 2.24) is 9.97 Å². The van der Waals surface area contributed by atoms with Crippen LogP contribution in [0.2, 0.25) is 5.15 Å². The number of hydrogen-bond acceptors (Lipinski definition) is 3. The Kier molecular flexibility index (Phi) is 2.92. The first-order chi connectivity index (χ1) is 7.70. The number of halogens is 2. The molecular formula is C11H6ClFN2O. The van der Waals surface area contributed by atoms with Gasteiger partial charge in [-0.1, -0.05) is 11.6 Å². The van der Waals surface area contributed by atoms with Crippen molar-refractivity contribution in [2.75, 3.05) is 0 Å². The predicted molar refractivity (Wildman–Crippen MR) is 57.8 cm³/mol. The molecule has 0 spiro atoms. The summed E-state index contributed by atoms with van der Waals surface area (Å²) in [7, 11) is 0. The van der Waals surface area contributed by atoms with E-state index in [1.165, 1.54) is 18.5 Å². The molecule has 0 aliphatic heterocycles. The fourth-order valence-corrected chi connectivity index (χ4v) is 1.36. The van der Waals surface area contributed by atoms with Crippen LogP contribution in [0.25, 0.3) is 11.1 Å². The maximum absolute atomic E-state index is 13.0. The Morgan fingerprint density at radius 3 is 2.56 bits per heavy atom. The minimum Gasteiger partial charge on any atom is -0.298 e. The molecule has 0 aliphatic rings. The molecule has 0 bridgehead atoms. The topological polar surface area (TPSA) is 42.9 Å². The van der Waals surface area contributed by atoms with Crippen molar-refractivity contribution in [1.29, 1.82) is 0 Å².